The van der Waals surface area contributed by atoms with Gasteiger partial charge in [-0.1, -0.05) is 69.9 Å². The lowest BCUT2D eigenvalue weighted by Gasteiger charge is -2.45. The molecule has 0 spiro atoms. The van der Waals surface area contributed by atoms with E-state index in [1.807, 2.05) is 0 Å². The minimum atomic E-state index is 0.589. The second kappa shape index (κ2) is 6.30. The SMILES string of the molecule is CC(C)N[C@H]1C[C@H]2CCCC[C@@H]2C[C@@H]1c1ccccc1. The van der Waals surface area contributed by atoms with Crippen molar-refractivity contribution in [3.63, 3.8) is 0 Å². The minimum absolute atomic E-state index is 0.589. The molecule has 20 heavy (non-hydrogen) atoms. The molecule has 0 saturated heterocycles. The zero-order chi connectivity index (χ0) is 13.9. The molecular weight excluding hydrogens is 242 g/mol. The molecule has 2 saturated carbocycles. The highest BCUT2D eigenvalue weighted by atomic mass is 14.9. The van der Waals surface area contributed by atoms with Gasteiger partial charge in [0.25, 0.3) is 0 Å². The monoisotopic (exact) mass is 271 g/mol. The molecular formula is C19H29N. The molecule has 1 N–H and O–H groups in total. The van der Waals surface area contributed by atoms with E-state index >= 15 is 0 Å². The molecule has 2 aliphatic carbocycles. The molecule has 2 fully saturated rings. The lowest BCUT2D eigenvalue weighted by molar-refractivity contribution is 0.122. The van der Waals surface area contributed by atoms with Crippen LogP contribution in [-0.2, 0) is 0 Å². The molecule has 0 amide bonds. The van der Waals surface area contributed by atoms with Crippen molar-refractivity contribution >= 4 is 0 Å². The van der Waals surface area contributed by atoms with Crippen molar-refractivity contribution in [2.24, 2.45) is 11.8 Å². The molecule has 1 aromatic carbocycles. The van der Waals surface area contributed by atoms with Gasteiger partial charge in [-0.05, 0) is 36.2 Å². The van der Waals surface area contributed by atoms with E-state index in [0.29, 0.717) is 12.1 Å². The number of fused-ring (bicyclic) bond motifs is 1. The predicted molar refractivity (Wildman–Crippen MR) is 85.9 cm³/mol. The maximum absolute atomic E-state index is 3.86. The molecule has 0 heterocycles. The first-order valence-corrected chi connectivity index (χ1v) is 8.55. The lowest BCUT2D eigenvalue weighted by atomic mass is 9.64. The number of benzene rings is 1. The molecule has 1 nitrogen and oxygen atoms in total. The fourth-order valence-corrected chi connectivity index (χ4v) is 4.57. The van der Waals surface area contributed by atoms with Crippen molar-refractivity contribution in [1.82, 2.24) is 5.32 Å². The first-order valence-electron chi connectivity index (χ1n) is 8.55. The van der Waals surface area contributed by atoms with Crippen molar-refractivity contribution in [2.45, 2.75) is 70.4 Å². The quantitative estimate of drug-likeness (QED) is 0.837. The van der Waals surface area contributed by atoms with Gasteiger partial charge in [0.1, 0.15) is 0 Å². The van der Waals surface area contributed by atoms with Gasteiger partial charge in [0, 0.05) is 12.1 Å². The Labute approximate surface area is 124 Å². The summed E-state index contributed by atoms with van der Waals surface area (Å²) in [4.78, 5) is 0. The van der Waals surface area contributed by atoms with Crippen LogP contribution in [0.25, 0.3) is 0 Å². The summed E-state index contributed by atoms with van der Waals surface area (Å²) in [5.74, 6) is 2.69. The van der Waals surface area contributed by atoms with Gasteiger partial charge in [-0.3, -0.25) is 0 Å². The first-order chi connectivity index (χ1) is 9.74. The van der Waals surface area contributed by atoms with Crippen LogP contribution in [0.4, 0.5) is 0 Å². The van der Waals surface area contributed by atoms with Gasteiger partial charge in [0.15, 0.2) is 0 Å². The fraction of sp³-hybridized carbons (Fsp3) is 0.684. The largest absolute Gasteiger partial charge is 0.311 e. The Morgan fingerprint density at radius 1 is 0.950 bits per heavy atom. The predicted octanol–water partition coefficient (Wildman–Crippen LogP) is 4.74. The maximum Gasteiger partial charge on any atom is 0.0141 e. The minimum Gasteiger partial charge on any atom is -0.311 e. The van der Waals surface area contributed by atoms with Crippen molar-refractivity contribution in [3.05, 3.63) is 35.9 Å². The molecule has 0 radical (unpaired) electrons. The van der Waals surface area contributed by atoms with Crippen molar-refractivity contribution in [1.29, 1.82) is 0 Å². The summed E-state index contributed by atoms with van der Waals surface area (Å²) in [5.41, 5.74) is 1.55. The molecule has 1 heteroatoms. The van der Waals surface area contributed by atoms with E-state index in [1.54, 1.807) is 5.56 Å². The summed E-state index contributed by atoms with van der Waals surface area (Å²) in [7, 11) is 0. The summed E-state index contributed by atoms with van der Waals surface area (Å²) in [6.45, 7) is 4.57. The summed E-state index contributed by atoms with van der Waals surface area (Å²) in [5, 5.41) is 3.86. The summed E-state index contributed by atoms with van der Waals surface area (Å²) < 4.78 is 0. The van der Waals surface area contributed by atoms with Gasteiger partial charge < -0.3 is 5.32 Å². The Morgan fingerprint density at radius 2 is 1.60 bits per heavy atom. The molecule has 1 aromatic rings. The van der Waals surface area contributed by atoms with Gasteiger partial charge >= 0.3 is 0 Å². The van der Waals surface area contributed by atoms with E-state index in [0.717, 1.165) is 17.8 Å². The molecule has 0 aliphatic heterocycles. The Morgan fingerprint density at radius 3 is 2.25 bits per heavy atom. The van der Waals surface area contributed by atoms with Crippen LogP contribution in [0, 0.1) is 11.8 Å². The molecule has 110 valence electrons. The number of rotatable bonds is 3. The zero-order valence-electron chi connectivity index (χ0n) is 13.0. The average Bonchev–Trinajstić information content (AvgIpc) is 2.47. The van der Waals surface area contributed by atoms with Crippen molar-refractivity contribution in [2.75, 3.05) is 0 Å². The number of hydrogen-bond acceptors (Lipinski definition) is 1. The topological polar surface area (TPSA) is 12.0 Å². The van der Waals surface area contributed by atoms with Gasteiger partial charge in [-0.15, -0.1) is 0 Å². The maximum atomic E-state index is 3.86. The van der Waals surface area contributed by atoms with Crippen LogP contribution in [-0.4, -0.2) is 12.1 Å². The van der Waals surface area contributed by atoms with Gasteiger partial charge in [0.2, 0.25) is 0 Å². The highest BCUT2D eigenvalue weighted by Gasteiger charge is 2.38. The van der Waals surface area contributed by atoms with Crippen LogP contribution in [0.2, 0.25) is 0 Å². The van der Waals surface area contributed by atoms with E-state index < -0.39 is 0 Å². The highest BCUT2D eigenvalue weighted by molar-refractivity contribution is 5.22. The van der Waals surface area contributed by atoms with Gasteiger partial charge in [-0.2, -0.15) is 0 Å². The van der Waals surface area contributed by atoms with Crippen molar-refractivity contribution in [3.8, 4) is 0 Å². The smallest absolute Gasteiger partial charge is 0.0141 e. The average molecular weight is 271 g/mol. The van der Waals surface area contributed by atoms with E-state index in [-0.39, 0.29) is 0 Å². The fourth-order valence-electron chi connectivity index (χ4n) is 4.57. The third-order valence-electron chi connectivity index (χ3n) is 5.44. The highest BCUT2D eigenvalue weighted by Crippen LogP contribution is 2.46. The summed E-state index contributed by atoms with van der Waals surface area (Å²) >= 11 is 0. The van der Waals surface area contributed by atoms with Crippen molar-refractivity contribution < 1.29 is 0 Å². The molecule has 2 aliphatic rings. The zero-order valence-corrected chi connectivity index (χ0v) is 13.0. The van der Waals surface area contributed by atoms with Crippen LogP contribution in [0.3, 0.4) is 0 Å². The van der Waals surface area contributed by atoms with Crippen LogP contribution in [0.5, 0.6) is 0 Å². The summed E-state index contributed by atoms with van der Waals surface area (Å²) in [6.07, 6.45) is 8.67. The Kier molecular flexibility index (Phi) is 4.45. The molecule has 0 unspecified atom stereocenters. The lowest BCUT2D eigenvalue weighted by Crippen LogP contribution is -2.46. The van der Waals surface area contributed by atoms with E-state index in [1.165, 1.54) is 38.5 Å². The first kappa shape index (κ1) is 14.1. The van der Waals surface area contributed by atoms with E-state index in [9.17, 15) is 0 Å². The van der Waals surface area contributed by atoms with Gasteiger partial charge in [0.05, 0.1) is 0 Å². The molecule has 4 atom stereocenters. The van der Waals surface area contributed by atoms with E-state index in [2.05, 4.69) is 49.5 Å². The Hall–Kier alpha value is -0.820. The summed E-state index contributed by atoms with van der Waals surface area (Å²) in [6, 6.07) is 12.5. The second-order valence-corrected chi connectivity index (χ2v) is 7.22. The Balaban J connectivity index is 1.80. The third kappa shape index (κ3) is 3.09. The van der Waals surface area contributed by atoms with Crippen LogP contribution < -0.4 is 5.32 Å². The third-order valence-corrected chi connectivity index (χ3v) is 5.44. The number of nitrogens with one attached hydrogen (secondary N) is 1. The number of hydrogen-bond donors (Lipinski definition) is 1. The normalized spacial score (nSPS) is 34.0. The van der Waals surface area contributed by atoms with Gasteiger partial charge in [-0.25, -0.2) is 0 Å². The van der Waals surface area contributed by atoms with Crippen LogP contribution >= 0.6 is 0 Å². The van der Waals surface area contributed by atoms with Crippen LogP contribution in [0.15, 0.2) is 30.3 Å². The standard InChI is InChI=1S/C19H29N/c1-14(2)20-19-13-17-11-7-6-10-16(17)12-18(19)15-8-4-3-5-9-15/h3-5,8-9,14,16-20H,6-7,10-13H2,1-2H3/t16-,17-,18-,19+/m1/s1. The van der Waals surface area contributed by atoms with Crippen LogP contribution in [0.1, 0.15) is 63.9 Å². The molecule has 0 bridgehead atoms. The van der Waals surface area contributed by atoms with E-state index in [4.69, 9.17) is 0 Å². The molecule has 0 aromatic heterocycles. The second-order valence-electron chi connectivity index (χ2n) is 7.22. The Bertz CT molecular complexity index is 411. The molecule has 3 rings (SSSR count).